The number of amidine groups is 1. The van der Waals surface area contributed by atoms with Crippen molar-refractivity contribution >= 4 is 51.9 Å². The second-order valence-corrected chi connectivity index (χ2v) is 10.9. The molecular formula is C32H35ClN2O3S. The van der Waals surface area contributed by atoms with Crippen LogP contribution in [0, 0.1) is 13.8 Å². The molecule has 0 bridgehead atoms. The fraction of sp³-hybridized carbons (Fsp3) is 0.312. The van der Waals surface area contributed by atoms with Crippen molar-refractivity contribution in [2.24, 2.45) is 4.99 Å². The van der Waals surface area contributed by atoms with Gasteiger partial charge < -0.3 is 9.47 Å². The number of benzene rings is 3. The number of aryl methyl sites for hydroxylation is 2. The van der Waals surface area contributed by atoms with E-state index in [9.17, 15) is 4.79 Å². The molecular weight excluding hydrogens is 528 g/mol. The largest absolute Gasteiger partial charge is 0.490 e. The molecule has 39 heavy (non-hydrogen) atoms. The summed E-state index contributed by atoms with van der Waals surface area (Å²) in [6, 6.07) is 19.5. The molecule has 1 saturated heterocycles. The van der Waals surface area contributed by atoms with E-state index >= 15 is 0 Å². The minimum Gasteiger partial charge on any atom is -0.490 e. The van der Waals surface area contributed by atoms with Crippen LogP contribution >= 0.6 is 23.4 Å². The lowest BCUT2D eigenvalue weighted by Crippen LogP contribution is -2.28. The summed E-state index contributed by atoms with van der Waals surface area (Å²) in [5, 5.41) is 1.06. The van der Waals surface area contributed by atoms with Gasteiger partial charge in [-0.2, -0.15) is 0 Å². The molecule has 1 aliphatic heterocycles. The highest BCUT2D eigenvalue weighted by molar-refractivity contribution is 8.19. The molecule has 4 rings (SSSR count). The molecule has 0 spiro atoms. The van der Waals surface area contributed by atoms with Crippen LogP contribution in [0.4, 0.5) is 11.4 Å². The van der Waals surface area contributed by atoms with E-state index in [1.54, 1.807) is 4.90 Å². The Morgan fingerprint density at radius 1 is 0.923 bits per heavy atom. The predicted molar refractivity (Wildman–Crippen MR) is 165 cm³/mol. The van der Waals surface area contributed by atoms with Gasteiger partial charge in [-0.05, 0) is 87.0 Å². The minimum absolute atomic E-state index is 0.139. The van der Waals surface area contributed by atoms with Crippen molar-refractivity contribution in [1.29, 1.82) is 0 Å². The number of unbranched alkanes of at least 4 members (excludes halogenated alkanes) is 3. The Morgan fingerprint density at radius 3 is 2.28 bits per heavy atom. The van der Waals surface area contributed by atoms with Gasteiger partial charge in [0.2, 0.25) is 0 Å². The number of anilines is 1. The molecule has 7 heteroatoms. The summed E-state index contributed by atoms with van der Waals surface area (Å²) in [6.45, 7) is 9.23. The number of thioether (sulfide) groups is 1. The molecule has 0 N–H and O–H groups in total. The van der Waals surface area contributed by atoms with Crippen LogP contribution in [-0.4, -0.2) is 24.3 Å². The first-order valence-corrected chi connectivity index (χ1v) is 14.6. The normalized spacial score (nSPS) is 15.4. The lowest BCUT2D eigenvalue weighted by molar-refractivity contribution is -0.113. The third-order valence-corrected chi connectivity index (χ3v) is 7.48. The van der Waals surface area contributed by atoms with Crippen LogP contribution in [0.5, 0.6) is 11.5 Å². The quantitative estimate of drug-likeness (QED) is 0.173. The monoisotopic (exact) mass is 562 g/mol. The van der Waals surface area contributed by atoms with Gasteiger partial charge in [0.1, 0.15) is 0 Å². The second kappa shape index (κ2) is 13.7. The van der Waals surface area contributed by atoms with Crippen LogP contribution in [-0.2, 0) is 4.79 Å². The maximum Gasteiger partial charge on any atom is 0.271 e. The molecule has 3 aromatic rings. The van der Waals surface area contributed by atoms with E-state index in [1.165, 1.54) is 24.6 Å². The molecule has 204 valence electrons. The lowest BCUT2D eigenvalue weighted by atomic mass is 10.1. The summed E-state index contributed by atoms with van der Waals surface area (Å²) < 4.78 is 11.9. The van der Waals surface area contributed by atoms with Crippen molar-refractivity contribution < 1.29 is 14.3 Å². The first kappa shape index (κ1) is 28.8. The highest BCUT2D eigenvalue weighted by Crippen LogP contribution is 2.41. The number of carbonyl (C=O) groups is 1. The molecule has 0 saturated carbocycles. The Balaban J connectivity index is 1.66. The molecule has 1 amide bonds. The molecule has 1 aliphatic rings. The molecule has 0 aliphatic carbocycles. The van der Waals surface area contributed by atoms with Crippen molar-refractivity contribution in [2.75, 3.05) is 18.1 Å². The van der Waals surface area contributed by atoms with Gasteiger partial charge in [-0.25, -0.2) is 4.99 Å². The van der Waals surface area contributed by atoms with Crippen molar-refractivity contribution in [1.82, 2.24) is 0 Å². The number of aliphatic imine (C=N–C) groups is 1. The summed E-state index contributed by atoms with van der Waals surface area (Å²) in [4.78, 5) is 20.7. The molecule has 1 heterocycles. The summed E-state index contributed by atoms with van der Waals surface area (Å²) >= 11 is 8.00. The number of amides is 1. The van der Waals surface area contributed by atoms with E-state index in [2.05, 4.69) is 6.92 Å². The van der Waals surface area contributed by atoms with Crippen LogP contribution in [0.2, 0.25) is 5.02 Å². The van der Waals surface area contributed by atoms with Gasteiger partial charge in [-0.3, -0.25) is 9.69 Å². The fourth-order valence-corrected chi connectivity index (χ4v) is 5.40. The topological polar surface area (TPSA) is 51.1 Å². The number of halogens is 1. The van der Waals surface area contributed by atoms with Crippen LogP contribution < -0.4 is 14.4 Å². The lowest BCUT2D eigenvalue weighted by Gasteiger charge is -2.16. The molecule has 5 nitrogen and oxygen atoms in total. The van der Waals surface area contributed by atoms with Gasteiger partial charge in [-0.15, -0.1) is 0 Å². The summed E-state index contributed by atoms with van der Waals surface area (Å²) in [5.74, 6) is 0.984. The van der Waals surface area contributed by atoms with Gasteiger partial charge >= 0.3 is 0 Å². The summed E-state index contributed by atoms with van der Waals surface area (Å²) in [6.07, 6.45) is 6.27. The van der Waals surface area contributed by atoms with E-state index in [0.29, 0.717) is 39.8 Å². The number of hydrogen-bond donors (Lipinski definition) is 0. The third-order valence-electron chi connectivity index (χ3n) is 6.23. The maximum absolute atomic E-state index is 13.7. The Hall–Kier alpha value is -3.22. The first-order valence-electron chi connectivity index (χ1n) is 13.4. The second-order valence-electron chi connectivity index (χ2n) is 9.49. The Labute approximate surface area is 240 Å². The standard InChI is InChI=1S/C32H35ClN2O3S/c1-5-7-8-9-18-38-30-27(33)19-24(20-28(30)37-6-2)21-29-31(36)35(26-16-12-23(4)13-17-26)32(39-29)34-25-14-10-22(3)11-15-25/h10-17,19-21H,5-9,18H2,1-4H3/b29-21+,34-32?. The number of hydrogen-bond acceptors (Lipinski definition) is 5. The SMILES string of the molecule is CCCCCCOc1c(Cl)cc(/C=C2/SC(=Nc3ccc(C)cc3)N(c3ccc(C)cc3)C2=O)cc1OCC. The highest BCUT2D eigenvalue weighted by Gasteiger charge is 2.35. The minimum atomic E-state index is -0.139. The van der Waals surface area contributed by atoms with Crippen LogP contribution in [0.3, 0.4) is 0 Å². The van der Waals surface area contributed by atoms with Crippen molar-refractivity contribution in [2.45, 2.75) is 53.4 Å². The number of carbonyl (C=O) groups excluding carboxylic acids is 1. The molecule has 0 radical (unpaired) electrons. The van der Waals surface area contributed by atoms with Crippen molar-refractivity contribution in [3.8, 4) is 11.5 Å². The number of ether oxygens (including phenoxy) is 2. The predicted octanol–water partition coefficient (Wildman–Crippen LogP) is 9.12. The Bertz CT molecular complexity index is 1350. The zero-order valence-electron chi connectivity index (χ0n) is 23.0. The molecule has 0 unspecified atom stereocenters. The zero-order chi connectivity index (χ0) is 27.8. The molecule has 3 aromatic carbocycles. The zero-order valence-corrected chi connectivity index (χ0v) is 24.6. The number of nitrogens with zero attached hydrogens (tertiary/aromatic N) is 2. The number of rotatable bonds is 11. The van der Waals surface area contributed by atoms with E-state index in [-0.39, 0.29) is 5.91 Å². The van der Waals surface area contributed by atoms with E-state index in [0.717, 1.165) is 40.9 Å². The van der Waals surface area contributed by atoms with Crippen molar-refractivity contribution in [3.05, 3.63) is 87.3 Å². The maximum atomic E-state index is 13.7. The molecule has 1 fully saturated rings. The van der Waals surface area contributed by atoms with Gasteiger partial charge in [0, 0.05) is 0 Å². The molecule has 0 atom stereocenters. The van der Waals surface area contributed by atoms with Crippen LogP contribution in [0.1, 0.15) is 56.2 Å². The Kier molecular flexibility index (Phi) is 10.1. The van der Waals surface area contributed by atoms with Gasteiger partial charge in [0.15, 0.2) is 16.7 Å². The van der Waals surface area contributed by atoms with Gasteiger partial charge in [0.05, 0.1) is 34.5 Å². The summed E-state index contributed by atoms with van der Waals surface area (Å²) in [7, 11) is 0. The summed E-state index contributed by atoms with van der Waals surface area (Å²) in [5.41, 5.74) is 4.60. The Morgan fingerprint density at radius 2 is 1.62 bits per heavy atom. The van der Waals surface area contributed by atoms with Crippen molar-refractivity contribution in [3.63, 3.8) is 0 Å². The average Bonchev–Trinajstić information content (AvgIpc) is 3.21. The first-order chi connectivity index (χ1) is 18.9. The van der Waals surface area contributed by atoms with Crippen LogP contribution in [0.25, 0.3) is 6.08 Å². The van der Waals surface area contributed by atoms with E-state index < -0.39 is 0 Å². The fourth-order valence-electron chi connectivity index (χ4n) is 4.13. The van der Waals surface area contributed by atoms with E-state index in [1.807, 2.05) is 87.5 Å². The average molecular weight is 563 g/mol. The van der Waals surface area contributed by atoms with Crippen LogP contribution in [0.15, 0.2) is 70.6 Å². The van der Waals surface area contributed by atoms with Gasteiger partial charge in [0.25, 0.3) is 5.91 Å². The third kappa shape index (κ3) is 7.46. The van der Waals surface area contributed by atoms with E-state index in [4.69, 9.17) is 26.1 Å². The highest BCUT2D eigenvalue weighted by atomic mass is 35.5. The molecule has 0 aromatic heterocycles. The smallest absolute Gasteiger partial charge is 0.271 e. The van der Waals surface area contributed by atoms with Gasteiger partial charge in [-0.1, -0.05) is 73.2 Å².